The minimum Gasteiger partial charge on any atom is -0.492 e. The molecular formula is C20H24BrClN2O3. The Labute approximate surface area is 173 Å². The van der Waals surface area contributed by atoms with Crippen LogP contribution in [-0.2, 0) is 11.3 Å². The number of halogens is 2. The van der Waals surface area contributed by atoms with Gasteiger partial charge in [0.05, 0.1) is 42.1 Å². The summed E-state index contributed by atoms with van der Waals surface area (Å²) in [7, 11) is 1.64. The SMILES string of the molecule is CCOc1cc(CNc2ccc(N3CCOCC3)c(Cl)c2)cc(Br)c1OC. The topological polar surface area (TPSA) is 43.0 Å². The van der Waals surface area contributed by atoms with E-state index in [0.29, 0.717) is 18.9 Å². The van der Waals surface area contributed by atoms with Crippen LogP contribution in [0.5, 0.6) is 11.5 Å². The van der Waals surface area contributed by atoms with Crippen LogP contribution in [0.3, 0.4) is 0 Å². The predicted molar refractivity (Wildman–Crippen MR) is 114 cm³/mol. The Hall–Kier alpha value is -1.63. The van der Waals surface area contributed by atoms with Gasteiger partial charge in [-0.3, -0.25) is 0 Å². The molecule has 0 unspecified atom stereocenters. The van der Waals surface area contributed by atoms with E-state index in [4.69, 9.17) is 25.8 Å². The van der Waals surface area contributed by atoms with Crippen LogP contribution in [0.15, 0.2) is 34.8 Å². The van der Waals surface area contributed by atoms with Crippen LogP contribution in [0.1, 0.15) is 12.5 Å². The van der Waals surface area contributed by atoms with Crippen molar-refractivity contribution < 1.29 is 14.2 Å². The van der Waals surface area contributed by atoms with Crippen molar-refractivity contribution >= 4 is 38.9 Å². The Morgan fingerprint density at radius 2 is 2.00 bits per heavy atom. The maximum absolute atomic E-state index is 6.51. The van der Waals surface area contributed by atoms with Gasteiger partial charge >= 0.3 is 0 Å². The van der Waals surface area contributed by atoms with E-state index in [1.807, 2.05) is 25.1 Å². The lowest BCUT2D eigenvalue weighted by Crippen LogP contribution is -2.36. The molecule has 0 saturated carbocycles. The van der Waals surface area contributed by atoms with Gasteiger partial charge in [0.1, 0.15) is 0 Å². The van der Waals surface area contributed by atoms with Crippen LogP contribution in [-0.4, -0.2) is 40.0 Å². The summed E-state index contributed by atoms with van der Waals surface area (Å²) >= 11 is 10.1. The normalized spacial score (nSPS) is 14.1. The van der Waals surface area contributed by atoms with E-state index in [-0.39, 0.29) is 0 Å². The van der Waals surface area contributed by atoms with Crippen molar-refractivity contribution in [1.82, 2.24) is 0 Å². The Bertz CT molecular complexity index is 782. The number of anilines is 2. The van der Waals surface area contributed by atoms with Crippen molar-refractivity contribution in [1.29, 1.82) is 0 Å². The molecule has 1 heterocycles. The minimum atomic E-state index is 0.582. The smallest absolute Gasteiger partial charge is 0.174 e. The Morgan fingerprint density at radius 1 is 1.22 bits per heavy atom. The molecule has 0 radical (unpaired) electrons. The standard InChI is InChI=1S/C20H24BrClN2O3/c1-3-27-19-11-14(10-16(21)20(19)25-2)13-23-15-4-5-18(17(22)12-15)24-6-8-26-9-7-24/h4-5,10-12,23H,3,6-9,13H2,1-2H3. The maximum Gasteiger partial charge on any atom is 0.174 e. The van der Waals surface area contributed by atoms with Gasteiger partial charge in [-0.25, -0.2) is 0 Å². The molecule has 146 valence electrons. The fourth-order valence-corrected chi connectivity index (χ4v) is 4.02. The third-order valence-corrected chi connectivity index (χ3v) is 5.26. The number of benzene rings is 2. The van der Waals surface area contributed by atoms with Crippen molar-refractivity contribution in [3.8, 4) is 11.5 Å². The summed E-state index contributed by atoms with van der Waals surface area (Å²) in [5.74, 6) is 1.44. The molecule has 0 aromatic heterocycles. The van der Waals surface area contributed by atoms with Gasteiger partial charge in [0, 0.05) is 25.3 Å². The summed E-state index contributed by atoms with van der Waals surface area (Å²) in [6.45, 7) is 6.40. The maximum atomic E-state index is 6.51. The van der Waals surface area contributed by atoms with Gasteiger partial charge in [-0.05, 0) is 58.7 Å². The monoisotopic (exact) mass is 454 g/mol. The van der Waals surface area contributed by atoms with Crippen LogP contribution in [0.4, 0.5) is 11.4 Å². The summed E-state index contributed by atoms with van der Waals surface area (Å²) in [6.07, 6.45) is 0. The lowest BCUT2D eigenvalue weighted by atomic mass is 10.2. The first kappa shape index (κ1) is 20.1. The average Bonchev–Trinajstić information content (AvgIpc) is 2.67. The highest BCUT2D eigenvalue weighted by Crippen LogP contribution is 2.37. The fraction of sp³-hybridized carbons (Fsp3) is 0.400. The van der Waals surface area contributed by atoms with Crippen molar-refractivity contribution in [2.75, 3.05) is 50.2 Å². The Morgan fingerprint density at radius 3 is 2.67 bits per heavy atom. The molecular weight excluding hydrogens is 432 g/mol. The van der Waals surface area contributed by atoms with Crippen LogP contribution >= 0.6 is 27.5 Å². The van der Waals surface area contributed by atoms with Gasteiger partial charge in [-0.2, -0.15) is 0 Å². The van der Waals surface area contributed by atoms with Crippen LogP contribution in [0.2, 0.25) is 5.02 Å². The number of rotatable bonds is 7. The summed E-state index contributed by atoms with van der Waals surface area (Å²) in [5, 5.41) is 4.16. The zero-order valence-electron chi connectivity index (χ0n) is 15.6. The van der Waals surface area contributed by atoms with Gasteiger partial charge in [0.25, 0.3) is 0 Å². The second-order valence-corrected chi connectivity index (χ2v) is 7.42. The highest BCUT2D eigenvalue weighted by molar-refractivity contribution is 9.10. The number of methoxy groups -OCH3 is 1. The number of nitrogens with zero attached hydrogens (tertiary/aromatic N) is 1. The molecule has 0 aliphatic carbocycles. The second kappa shape index (κ2) is 9.53. The van der Waals surface area contributed by atoms with E-state index in [9.17, 15) is 0 Å². The molecule has 1 saturated heterocycles. The summed E-state index contributed by atoms with van der Waals surface area (Å²) in [4.78, 5) is 2.25. The Balaban J connectivity index is 1.70. The van der Waals surface area contributed by atoms with E-state index in [2.05, 4.69) is 38.3 Å². The van der Waals surface area contributed by atoms with Crippen molar-refractivity contribution in [2.24, 2.45) is 0 Å². The van der Waals surface area contributed by atoms with Gasteiger partial charge in [-0.15, -0.1) is 0 Å². The first-order chi connectivity index (χ1) is 13.1. The van der Waals surface area contributed by atoms with E-state index in [1.165, 1.54) is 0 Å². The molecule has 5 nitrogen and oxygen atoms in total. The summed E-state index contributed by atoms with van der Waals surface area (Å²) in [6, 6.07) is 10.1. The van der Waals surface area contributed by atoms with Gasteiger partial charge < -0.3 is 24.4 Å². The van der Waals surface area contributed by atoms with Gasteiger partial charge in [-0.1, -0.05) is 11.6 Å². The van der Waals surface area contributed by atoms with E-state index < -0.39 is 0 Å². The molecule has 1 aliphatic rings. The van der Waals surface area contributed by atoms with Crippen molar-refractivity contribution in [3.63, 3.8) is 0 Å². The molecule has 7 heteroatoms. The molecule has 2 aromatic carbocycles. The van der Waals surface area contributed by atoms with Gasteiger partial charge in [0.2, 0.25) is 0 Å². The molecule has 27 heavy (non-hydrogen) atoms. The highest BCUT2D eigenvalue weighted by Gasteiger charge is 2.15. The lowest BCUT2D eigenvalue weighted by Gasteiger charge is -2.29. The van der Waals surface area contributed by atoms with Crippen LogP contribution in [0, 0.1) is 0 Å². The molecule has 0 bridgehead atoms. The average molecular weight is 456 g/mol. The third kappa shape index (κ3) is 5.00. The molecule has 1 aliphatic heterocycles. The molecule has 0 amide bonds. The second-order valence-electron chi connectivity index (χ2n) is 6.16. The molecule has 1 fully saturated rings. The number of morpholine rings is 1. The third-order valence-electron chi connectivity index (χ3n) is 4.37. The molecule has 0 spiro atoms. The summed E-state index contributed by atoms with van der Waals surface area (Å²) in [5.41, 5.74) is 3.11. The predicted octanol–water partition coefficient (Wildman–Crippen LogP) is 4.96. The first-order valence-electron chi connectivity index (χ1n) is 8.97. The molecule has 0 atom stereocenters. The number of hydrogen-bond donors (Lipinski definition) is 1. The zero-order chi connectivity index (χ0) is 19.2. The quantitative estimate of drug-likeness (QED) is 0.639. The van der Waals surface area contributed by atoms with E-state index in [0.717, 1.165) is 58.5 Å². The highest BCUT2D eigenvalue weighted by atomic mass is 79.9. The summed E-state index contributed by atoms with van der Waals surface area (Å²) < 4.78 is 17.4. The molecule has 2 aromatic rings. The lowest BCUT2D eigenvalue weighted by molar-refractivity contribution is 0.122. The number of hydrogen-bond acceptors (Lipinski definition) is 5. The fourth-order valence-electron chi connectivity index (χ4n) is 3.07. The molecule has 3 rings (SSSR count). The van der Waals surface area contributed by atoms with Crippen molar-refractivity contribution in [2.45, 2.75) is 13.5 Å². The zero-order valence-corrected chi connectivity index (χ0v) is 17.9. The van der Waals surface area contributed by atoms with Crippen molar-refractivity contribution in [3.05, 3.63) is 45.4 Å². The number of ether oxygens (including phenoxy) is 3. The van der Waals surface area contributed by atoms with E-state index in [1.54, 1.807) is 7.11 Å². The first-order valence-corrected chi connectivity index (χ1v) is 10.1. The molecule has 1 N–H and O–H groups in total. The van der Waals surface area contributed by atoms with Crippen LogP contribution < -0.4 is 19.7 Å². The van der Waals surface area contributed by atoms with Gasteiger partial charge in [0.15, 0.2) is 11.5 Å². The van der Waals surface area contributed by atoms with E-state index >= 15 is 0 Å². The number of nitrogens with one attached hydrogen (secondary N) is 1. The van der Waals surface area contributed by atoms with Crippen LogP contribution in [0.25, 0.3) is 0 Å². The largest absolute Gasteiger partial charge is 0.492 e. The Kier molecular flexibility index (Phi) is 7.10. The minimum absolute atomic E-state index is 0.582.